The van der Waals surface area contributed by atoms with Gasteiger partial charge in [0, 0.05) is 32.5 Å². The number of rotatable bonds is 6. The Labute approximate surface area is 162 Å². The standard InChI is InChI=1S/C17H22F2N8.CH4/c1-25-10-14(7-21-25)23-17-20-5-13-6-22-27(16(13)24-17)9-12-3-2-4-26(8-12)11-15(18)19;/h5-7,10,12,15H,2-4,8-9,11H2,1H3,(H,20,23,24);1H4. The summed E-state index contributed by atoms with van der Waals surface area (Å²) in [7, 11) is 1.84. The van der Waals surface area contributed by atoms with Crippen LogP contribution >= 0.6 is 0 Å². The van der Waals surface area contributed by atoms with E-state index in [0.29, 0.717) is 19.0 Å². The molecule has 4 rings (SSSR count). The molecule has 1 atom stereocenters. The number of piperidine rings is 1. The monoisotopic (exact) mass is 392 g/mol. The molecule has 0 aromatic carbocycles. The zero-order chi connectivity index (χ0) is 18.8. The van der Waals surface area contributed by atoms with E-state index in [-0.39, 0.29) is 19.9 Å². The molecule has 1 aliphatic rings. The molecule has 0 spiro atoms. The zero-order valence-corrected chi connectivity index (χ0v) is 15.1. The molecule has 4 heterocycles. The molecule has 0 bridgehead atoms. The Kier molecular flexibility index (Phi) is 6.18. The highest BCUT2D eigenvalue weighted by Crippen LogP contribution is 2.22. The van der Waals surface area contributed by atoms with Crippen LogP contribution in [0.2, 0.25) is 0 Å². The fourth-order valence-electron chi connectivity index (χ4n) is 3.58. The minimum atomic E-state index is -2.29. The van der Waals surface area contributed by atoms with E-state index in [4.69, 9.17) is 0 Å². The van der Waals surface area contributed by atoms with Crippen LogP contribution in [-0.2, 0) is 13.6 Å². The smallest absolute Gasteiger partial charge is 0.251 e. The highest BCUT2D eigenvalue weighted by atomic mass is 19.3. The second-order valence-electron chi connectivity index (χ2n) is 6.99. The average Bonchev–Trinajstić information content (AvgIpc) is 3.21. The lowest BCUT2D eigenvalue weighted by Gasteiger charge is -2.32. The molecule has 152 valence electrons. The van der Waals surface area contributed by atoms with E-state index in [1.165, 1.54) is 0 Å². The van der Waals surface area contributed by atoms with Crippen molar-refractivity contribution in [2.45, 2.75) is 33.2 Å². The van der Waals surface area contributed by atoms with Crippen molar-refractivity contribution >= 4 is 22.7 Å². The number of nitrogens with zero attached hydrogens (tertiary/aromatic N) is 7. The van der Waals surface area contributed by atoms with E-state index in [1.807, 2.05) is 22.8 Å². The van der Waals surface area contributed by atoms with Gasteiger partial charge in [-0.15, -0.1) is 0 Å². The van der Waals surface area contributed by atoms with Gasteiger partial charge in [-0.05, 0) is 25.3 Å². The zero-order valence-electron chi connectivity index (χ0n) is 15.1. The summed E-state index contributed by atoms with van der Waals surface area (Å²) in [6.07, 6.45) is 6.65. The Morgan fingerprint density at radius 2 is 2.11 bits per heavy atom. The van der Waals surface area contributed by atoms with Gasteiger partial charge in [0.2, 0.25) is 5.95 Å². The molecule has 3 aromatic rings. The highest BCUT2D eigenvalue weighted by Gasteiger charge is 2.23. The summed E-state index contributed by atoms with van der Waals surface area (Å²) < 4.78 is 28.9. The molecular formula is C18H26F2N8. The Hall–Kier alpha value is -2.62. The van der Waals surface area contributed by atoms with Gasteiger partial charge in [-0.2, -0.15) is 15.2 Å². The molecular weight excluding hydrogens is 366 g/mol. The number of aromatic nitrogens is 6. The fraction of sp³-hybridized carbons (Fsp3) is 0.556. The van der Waals surface area contributed by atoms with Gasteiger partial charge in [0.1, 0.15) is 0 Å². The minimum Gasteiger partial charge on any atom is -0.321 e. The van der Waals surface area contributed by atoms with Gasteiger partial charge < -0.3 is 5.32 Å². The van der Waals surface area contributed by atoms with Crippen LogP contribution in [0.5, 0.6) is 0 Å². The predicted octanol–water partition coefficient (Wildman–Crippen LogP) is 2.92. The fourth-order valence-corrected chi connectivity index (χ4v) is 3.58. The van der Waals surface area contributed by atoms with Crippen LogP contribution in [0, 0.1) is 5.92 Å². The van der Waals surface area contributed by atoms with E-state index in [1.54, 1.807) is 23.3 Å². The van der Waals surface area contributed by atoms with Gasteiger partial charge in [-0.1, -0.05) is 7.43 Å². The largest absolute Gasteiger partial charge is 0.321 e. The average molecular weight is 392 g/mol. The van der Waals surface area contributed by atoms with Gasteiger partial charge >= 0.3 is 0 Å². The van der Waals surface area contributed by atoms with E-state index in [9.17, 15) is 8.78 Å². The van der Waals surface area contributed by atoms with Crippen molar-refractivity contribution in [2.24, 2.45) is 13.0 Å². The maximum Gasteiger partial charge on any atom is 0.251 e. The lowest BCUT2D eigenvalue weighted by molar-refractivity contribution is 0.0616. The molecule has 1 N–H and O–H groups in total. The number of hydrogen-bond acceptors (Lipinski definition) is 6. The van der Waals surface area contributed by atoms with Gasteiger partial charge in [0.15, 0.2) is 5.65 Å². The first kappa shape index (κ1) is 20.1. The number of alkyl halides is 2. The van der Waals surface area contributed by atoms with Gasteiger partial charge in [0.05, 0.1) is 30.0 Å². The minimum absolute atomic E-state index is 0. The van der Waals surface area contributed by atoms with E-state index >= 15 is 0 Å². The first-order valence-electron chi connectivity index (χ1n) is 9.01. The lowest BCUT2D eigenvalue weighted by Crippen LogP contribution is -2.39. The lowest BCUT2D eigenvalue weighted by atomic mass is 9.98. The van der Waals surface area contributed by atoms with Gasteiger partial charge in [-0.25, -0.2) is 18.4 Å². The molecule has 0 amide bonds. The first-order chi connectivity index (χ1) is 13.1. The van der Waals surface area contributed by atoms with Crippen LogP contribution in [0.3, 0.4) is 0 Å². The topological polar surface area (TPSA) is 76.7 Å². The third-order valence-corrected chi connectivity index (χ3v) is 4.77. The SMILES string of the molecule is C.Cn1cc(Nc2ncc3cnn(CC4CCCN(CC(F)F)C4)c3n2)cn1. The maximum atomic E-state index is 12.7. The maximum absolute atomic E-state index is 12.7. The molecule has 0 aliphatic carbocycles. The number of hydrogen-bond donors (Lipinski definition) is 1. The van der Waals surface area contributed by atoms with Crippen LogP contribution in [0.15, 0.2) is 24.8 Å². The molecule has 1 fully saturated rings. The van der Waals surface area contributed by atoms with Gasteiger partial charge in [-0.3, -0.25) is 9.58 Å². The second kappa shape index (κ2) is 8.59. The normalized spacial score (nSPS) is 17.8. The second-order valence-corrected chi connectivity index (χ2v) is 6.99. The number of aryl methyl sites for hydroxylation is 1. The summed E-state index contributed by atoms with van der Waals surface area (Å²) in [5.74, 6) is 0.755. The van der Waals surface area contributed by atoms with Crippen LogP contribution in [0.1, 0.15) is 20.3 Å². The van der Waals surface area contributed by atoms with Crippen LogP contribution in [0.25, 0.3) is 11.0 Å². The summed E-state index contributed by atoms with van der Waals surface area (Å²) in [5.41, 5.74) is 1.54. The Morgan fingerprint density at radius 3 is 2.86 bits per heavy atom. The Balaban J connectivity index is 0.00000225. The Morgan fingerprint density at radius 1 is 1.25 bits per heavy atom. The van der Waals surface area contributed by atoms with Crippen molar-refractivity contribution in [1.29, 1.82) is 0 Å². The van der Waals surface area contributed by atoms with Crippen LogP contribution in [0.4, 0.5) is 20.4 Å². The third kappa shape index (κ3) is 4.61. The first-order valence-corrected chi connectivity index (χ1v) is 9.01. The highest BCUT2D eigenvalue weighted by molar-refractivity contribution is 5.75. The molecule has 10 heteroatoms. The van der Waals surface area contributed by atoms with Crippen molar-refractivity contribution in [3.8, 4) is 0 Å². The summed E-state index contributed by atoms with van der Waals surface area (Å²) in [6, 6.07) is 0. The molecule has 8 nitrogen and oxygen atoms in total. The summed E-state index contributed by atoms with van der Waals surface area (Å²) >= 11 is 0. The summed E-state index contributed by atoms with van der Waals surface area (Å²) in [6.45, 7) is 1.91. The molecule has 1 unspecified atom stereocenters. The number of halogens is 2. The number of fused-ring (bicyclic) bond motifs is 1. The summed E-state index contributed by atoms with van der Waals surface area (Å²) in [5, 5.41) is 12.5. The van der Waals surface area contributed by atoms with Crippen molar-refractivity contribution in [2.75, 3.05) is 25.0 Å². The van der Waals surface area contributed by atoms with E-state index in [0.717, 1.165) is 36.1 Å². The third-order valence-electron chi connectivity index (χ3n) is 4.77. The van der Waals surface area contributed by atoms with Gasteiger partial charge in [0.25, 0.3) is 6.43 Å². The van der Waals surface area contributed by atoms with Crippen molar-refractivity contribution in [3.63, 3.8) is 0 Å². The number of likely N-dealkylation sites (tertiary alicyclic amines) is 1. The van der Waals surface area contributed by atoms with Crippen molar-refractivity contribution < 1.29 is 8.78 Å². The molecule has 3 aromatic heterocycles. The molecule has 1 saturated heterocycles. The summed E-state index contributed by atoms with van der Waals surface area (Å²) in [4.78, 5) is 10.7. The van der Waals surface area contributed by atoms with Crippen molar-refractivity contribution in [1.82, 2.24) is 34.4 Å². The number of anilines is 2. The van der Waals surface area contributed by atoms with E-state index in [2.05, 4.69) is 25.5 Å². The van der Waals surface area contributed by atoms with E-state index < -0.39 is 6.43 Å². The Bertz CT molecular complexity index is 906. The van der Waals surface area contributed by atoms with Crippen LogP contribution < -0.4 is 5.32 Å². The number of nitrogens with one attached hydrogen (secondary N) is 1. The van der Waals surface area contributed by atoms with Crippen molar-refractivity contribution in [3.05, 3.63) is 24.8 Å². The van der Waals surface area contributed by atoms with Crippen LogP contribution in [-0.4, -0.2) is 60.5 Å². The molecule has 0 saturated carbocycles. The quantitative estimate of drug-likeness (QED) is 0.695. The molecule has 1 aliphatic heterocycles. The molecule has 0 radical (unpaired) electrons. The predicted molar refractivity (Wildman–Crippen MR) is 104 cm³/mol. The molecule has 28 heavy (non-hydrogen) atoms.